The van der Waals surface area contributed by atoms with Gasteiger partial charge < -0.3 is 24.2 Å². The fraction of sp³-hybridized carbons (Fsp3) is 0.514. The van der Waals surface area contributed by atoms with Gasteiger partial charge in [0.25, 0.3) is 0 Å². The summed E-state index contributed by atoms with van der Waals surface area (Å²) in [6, 6.07) is 5.00. The lowest BCUT2D eigenvalue weighted by Crippen LogP contribution is -2.47. The van der Waals surface area contributed by atoms with Crippen LogP contribution in [-0.4, -0.2) is 73.2 Å². The Kier molecular flexibility index (Phi) is 8.62. The molecule has 4 heterocycles. The second-order valence-corrected chi connectivity index (χ2v) is 14.4. The van der Waals surface area contributed by atoms with E-state index in [-0.39, 0.29) is 24.0 Å². The number of para-hydroxylation sites is 1. The summed E-state index contributed by atoms with van der Waals surface area (Å²) in [6.07, 6.45) is 10.2. The number of likely N-dealkylation sites (tertiary alicyclic amines) is 2. The van der Waals surface area contributed by atoms with E-state index in [9.17, 15) is 14.4 Å². The number of carbonyl (C=O) groups is 3. The Labute approximate surface area is 274 Å². The Bertz CT molecular complexity index is 1720. The number of hydrogen-bond donors (Lipinski definition) is 2. The molecule has 2 aromatic heterocycles. The minimum Gasteiger partial charge on any atom is -0.444 e. The van der Waals surface area contributed by atoms with Crippen molar-refractivity contribution in [1.82, 2.24) is 30.1 Å². The van der Waals surface area contributed by atoms with Crippen LogP contribution in [0.3, 0.4) is 0 Å². The van der Waals surface area contributed by atoms with Crippen molar-refractivity contribution in [2.24, 2.45) is 0 Å². The number of nitrogens with one attached hydrogen (secondary N) is 2. The van der Waals surface area contributed by atoms with Gasteiger partial charge in [0, 0.05) is 31.1 Å². The number of benzene rings is 1. The highest BCUT2D eigenvalue weighted by atomic mass is 16.6. The lowest BCUT2D eigenvalue weighted by atomic mass is 9.96. The number of oxazole rings is 1. The van der Waals surface area contributed by atoms with Crippen molar-refractivity contribution in [3.8, 4) is 11.5 Å². The Hall–Kier alpha value is -4.61. The van der Waals surface area contributed by atoms with Crippen LogP contribution in [0.2, 0.25) is 0 Å². The summed E-state index contributed by atoms with van der Waals surface area (Å²) in [5, 5.41) is 3.03. The van der Waals surface area contributed by atoms with Gasteiger partial charge in [0.1, 0.15) is 34.3 Å². The lowest BCUT2D eigenvalue weighted by molar-refractivity contribution is -0.124. The van der Waals surface area contributed by atoms with Gasteiger partial charge in [-0.05, 0) is 85.4 Å². The minimum absolute atomic E-state index is 0.142. The van der Waals surface area contributed by atoms with E-state index in [1.54, 1.807) is 11.1 Å². The number of imidazole rings is 1. The number of carbonyl (C=O) groups excluding carboxylic acids is 3. The average molecular weight is 645 g/mol. The quantitative estimate of drug-likeness (QED) is 0.311. The molecule has 0 spiro atoms. The average Bonchev–Trinajstić information content (AvgIpc) is 3.81. The summed E-state index contributed by atoms with van der Waals surface area (Å²) in [5.41, 5.74) is 1.80. The summed E-state index contributed by atoms with van der Waals surface area (Å²) in [6.45, 7) is 12.1. The lowest BCUT2D eigenvalue weighted by Gasteiger charge is -2.28. The highest BCUT2D eigenvalue weighted by Crippen LogP contribution is 2.36. The first-order chi connectivity index (χ1) is 22.3. The third-order valence-corrected chi connectivity index (χ3v) is 8.39. The maximum Gasteiger partial charge on any atom is 0.410 e. The topological polar surface area (TPSA) is 143 Å². The van der Waals surface area contributed by atoms with Crippen molar-refractivity contribution < 1.29 is 28.3 Å². The molecule has 47 heavy (non-hydrogen) atoms. The van der Waals surface area contributed by atoms with E-state index >= 15 is 0 Å². The zero-order valence-corrected chi connectivity index (χ0v) is 28.0. The van der Waals surface area contributed by atoms with E-state index in [2.05, 4.69) is 15.3 Å². The van der Waals surface area contributed by atoms with E-state index < -0.39 is 23.3 Å². The fourth-order valence-electron chi connectivity index (χ4n) is 6.34. The summed E-state index contributed by atoms with van der Waals surface area (Å²) in [4.78, 5) is 55.1. The van der Waals surface area contributed by atoms with E-state index in [1.807, 2.05) is 78.0 Å². The van der Waals surface area contributed by atoms with Crippen LogP contribution in [0, 0.1) is 0 Å². The monoisotopic (exact) mass is 644 g/mol. The number of H-pyrrole nitrogens is 1. The Morgan fingerprint density at radius 3 is 2.43 bits per heavy atom. The molecule has 0 radical (unpaired) electrons. The maximum atomic E-state index is 13.3. The largest absolute Gasteiger partial charge is 0.444 e. The van der Waals surface area contributed by atoms with Crippen molar-refractivity contribution in [3.05, 3.63) is 59.9 Å². The van der Waals surface area contributed by atoms with Crippen LogP contribution < -0.4 is 5.32 Å². The first-order valence-corrected chi connectivity index (χ1v) is 16.4. The Morgan fingerprint density at radius 2 is 1.68 bits per heavy atom. The van der Waals surface area contributed by atoms with Crippen LogP contribution in [0.25, 0.3) is 22.5 Å². The second kappa shape index (κ2) is 12.5. The fourth-order valence-corrected chi connectivity index (χ4v) is 6.34. The molecule has 6 rings (SSSR count). The normalized spacial score (nSPS) is 21.7. The first-order valence-electron chi connectivity index (χ1n) is 16.4. The van der Waals surface area contributed by atoms with Gasteiger partial charge in [0.05, 0.1) is 23.3 Å². The zero-order chi connectivity index (χ0) is 33.5. The van der Waals surface area contributed by atoms with Crippen molar-refractivity contribution >= 4 is 29.1 Å². The van der Waals surface area contributed by atoms with E-state index in [1.165, 1.54) is 4.90 Å². The molecule has 0 saturated carbocycles. The molecule has 2 aliphatic heterocycles. The van der Waals surface area contributed by atoms with Crippen LogP contribution in [0.4, 0.5) is 9.59 Å². The van der Waals surface area contributed by atoms with E-state index in [0.29, 0.717) is 48.9 Å². The molecule has 3 aliphatic rings. The van der Waals surface area contributed by atoms with Crippen LogP contribution in [0.5, 0.6) is 0 Å². The Balaban J connectivity index is 1.14. The van der Waals surface area contributed by atoms with Gasteiger partial charge in [0.2, 0.25) is 11.8 Å². The number of allylic oxidation sites excluding steroid dienone is 4. The molecule has 3 aromatic rings. The van der Waals surface area contributed by atoms with Crippen LogP contribution in [0.15, 0.2) is 52.7 Å². The molecule has 1 unspecified atom stereocenters. The molecule has 3 atom stereocenters. The van der Waals surface area contributed by atoms with Crippen molar-refractivity contribution in [2.45, 2.75) is 103 Å². The molecule has 12 heteroatoms. The standard InChI is InChI=1S/C35H44N6O6/c1-34(2,3)46-32(43)40-17-9-15-25(40)29-38-24-14-8-13-23(28(24)39-29)31-36-20-27(45-31)21-11-7-12-22(19-21)37-30(42)26-16-10-18-41(26)33(44)47-35(4,5)6/h7-8,11-14,20-21,25-26H,9-10,15-19H2,1-6H3,(H,37,42)(H,38,39)/t21?,25-,26-/m0/s1. The van der Waals surface area contributed by atoms with Gasteiger partial charge in [-0.25, -0.2) is 19.6 Å². The first kappa shape index (κ1) is 32.3. The number of ether oxygens (including phenoxy) is 2. The summed E-state index contributed by atoms with van der Waals surface area (Å²) < 4.78 is 17.5. The molecule has 2 saturated heterocycles. The van der Waals surface area contributed by atoms with E-state index in [4.69, 9.17) is 18.9 Å². The second-order valence-electron chi connectivity index (χ2n) is 14.4. The highest BCUT2D eigenvalue weighted by molar-refractivity contribution is 5.90. The number of fused-ring (bicyclic) bond motifs is 1. The molecule has 3 amide bonds. The van der Waals surface area contributed by atoms with Gasteiger partial charge in [-0.15, -0.1) is 0 Å². The highest BCUT2D eigenvalue weighted by Gasteiger charge is 2.38. The molecule has 250 valence electrons. The number of nitrogens with zero attached hydrogens (tertiary/aromatic N) is 4. The van der Waals surface area contributed by atoms with Crippen molar-refractivity contribution in [1.29, 1.82) is 0 Å². The van der Waals surface area contributed by atoms with Crippen molar-refractivity contribution in [2.75, 3.05) is 13.1 Å². The van der Waals surface area contributed by atoms with Gasteiger partial charge in [-0.3, -0.25) is 14.6 Å². The number of aromatic amines is 1. The van der Waals surface area contributed by atoms with Gasteiger partial charge in [-0.2, -0.15) is 0 Å². The molecule has 12 nitrogen and oxygen atoms in total. The molecule has 0 bridgehead atoms. The van der Waals surface area contributed by atoms with Gasteiger partial charge in [-0.1, -0.05) is 18.2 Å². The van der Waals surface area contributed by atoms with E-state index in [0.717, 1.165) is 36.0 Å². The number of amides is 3. The smallest absolute Gasteiger partial charge is 0.410 e. The van der Waals surface area contributed by atoms with Crippen LogP contribution in [0.1, 0.15) is 97.2 Å². The van der Waals surface area contributed by atoms with Gasteiger partial charge >= 0.3 is 12.2 Å². The molecular weight excluding hydrogens is 600 g/mol. The third kappa shape index (κ3) is 7.21. The minimum atomic E-state index is -0.634. The SMILES string of the molecule is CC(C)(C)OC(=O)N1CCC[C@H]1C(=O)NC1=CC=CC(c2cnc(-c3cccc4[nH]c([C@@H]5CCCN5C(=O)OC(C)(C)C)nc34)o2)C1. The molecule has 1 aromatic carbocycles. The molecule has 2 N–H and O–H groups in total. The predicted molar refractivity (Wildman–Crippen MR) is 175 cm³/mol. The summed E-state index contributed by atoms with van der Waals surface area (Å²) in [5.74, 6) is 1.44. The Morgan fingerprint density at radius 1 is 0.979 bits per heavy atom. The zero-order valence-electron chi connectivity index (χ0n) is 28.0. The molecule has 1 aliphatic carbocycles. The predicted octanol–water partition coefficient (Wildman–Crippen LogP) is 6.73. The number of hydrogen-bond acceptors (Lipinski definition) is 8. The summed E-state index contributed by atoms with van der Waals surface area (Å²) in [7, 11) is 0. The third-order valence-electron chi connectivity index (χ3n) is 8.39. The maximum absolute atomic E-state index is 13.3. The summed E-state index contributed by atoms with van der Waals surface area (Å²) >= 11 is 0. The van der Waals surface area contributed by atoms with Crippen LogP contribution >= 0.6 is 0 Å². The van der Waals surface area contributed by atoms with Gasteiger partial charge in [0.15, 0.2) is 0 Å². The van der Waals surface area contributed by atoms with Crippen LogP contribution in [-0.2, 0) is 14.3 Å². The number of rotatable bonds is 5. The molecular formula is C35H44N6O6. The molecule has 2 fully saturated rings. The van der Waals surface area contributed by atoms with Crippen molar-refractivity contribution in [3.63, 3.8) is 0 Å². The number of aromatic nitrogens is 3.